The van der Waals surface area contributed by atoms with Crippen molar-refractivity contribution in [1.29, 1.82) is 0 Å². The van der Waals surface area contributed by atoms with Crippen molar-refractivity contribution in [3.63, 3.8) is 0 Å². The summed E-state index contributed by atoms with van der Waals surface area (Å²) in [5.41, 5.74) is 2.35. The monoisotopic (exact) mass is 419 g/mol. The Bertz CT molecular complexity index is 461. The Hall–Kier alpha value is -0.980. The smallest absolute Gasteiger partial charge is 0.191 e. The summed E-state index contributed by atoms with van der Waals surface area (Å²) in [5, 5.41) is 6.62. The van der Waals surface area contributed by atoms with Crippen LogP contribution in [0.5, 0.6) is 5.75 Å². The van der Waals surface area contributed by atoms with E-state index in [2.05, 4.69) is 55.5 Å². The van der Waals surface area contributed by atoms with Gasteiger partial charge in [-0.25, -0.2) is 4.99 Å². The zero-order chi connectivity index (χ0) is 15.7. The zero-order valence-electron chi connectivity index (χ0n) is 14.4. The lowest BCUT2D eigenvalue weighted by Crippen LogP contribution is -2.39. The minimum atomic E-state index is 0. The first-order valence-corrected chi connectivity index (χ1v) is 7.81. The molecule has 0 aliphatic rings. The molecule has 0 aromatic heterocycles. The number of nitrogens with one attached hydrogen (secondary N) is 2. The Morgan fingerprint density at radius 3 is 2.50 bits per heavy atom. The summed E-state index contributed by atoms with van der Waals surface area (Å²) in [6.07, 6.45) is 0. The van der Waals surface area contributed by atoms with Crippen molar-refractivity contribution in [2.24, 2.45) is 10.9 Å². The molecular weight excluding hydrogens is 389 g/mol. The first-order valence-electron chi connectivity index (χ1n) is 7.81. The highest BCUT2D eigenvalue weighted by Gasteiger charge is 2.02. The molecule has 0 atom stereocenters. The largest absolute Gasteiger partial charge is 0.494 e. The van der Waals surface area contributed by atoms with E-state index in [1.807, 2.05) is 13.0 Å². The number of nitrogens with zero attached hydrogens (tertiary/aromatic N) is 1. The predicted octanol–water partition coefficient (Wildman–Crippen LogP) is 3.72. The van der Waals surface area contributed by atoms with Crippen molar-refractivity contribution >= 4 is 29.9 Å². The van der Waals surface area contributed by atoms with E-state index in [4.69, 9.17) is 4.74 Å². The average molecular weight is 419 g/mol. The first-order chi connectivity index (χ1) is 10.1. The van der Waals surface area contributed by atoms with Crippen molar-refractivity contribution in [3.05, 3.63) is 29.3 Å². The summed E-state index contributed by atoms with van der Waals surface area (Å²) in [6, 6.07) is 6.24. The highest BCUT2D eigenvalue weighted by molar-refractivity contribution is 14.0. The molecule has 5 heteroatoms. The molecule has 0 fully saturated rings. The van der Waals surface area contributed by atoms with Gasteiger partial charge in [0.1, 0.15) is 5.75 Å². The van der Waals surface area contributed by atoms with E-state index >= 15 is 0 Å². The minimum Gasteiger partial charge on any atom is -0.494 e. The fourth-order valence-electron chi connectivity index (χ4n) is 1.94. The van der Waals surface area contributed by atoms with Gasteiger partial charge >= 0.3 is 0 Å². The molecule has 0 radical (unpaired) electrons. The number of rotatable bonds is 7. The summed E-state index contributed by atoms with van der Waals surface area (Å²) in [5.74, 6) is 2.43. The Morgan fingerprint density at radius 2 is 1.95 bits per heavy atom. The molecule has 0 saturated heterocycles. The molecule has 0 spiro atoms. The number of halogens is 1. The third kappa shape index (κ3) is 7.87. The highest BCUT2D eigenvalue weighted by atomic mass is 127. The Kier molecular flexibility index (Phi) is 11.1. The fourth-order valence-corrected chi connectivity index (χ4v) is 1.94. The maximum atomic E-state index is 5.56. The first kappa shape index (κ1) is 21.0. The predicted molar refractivity (Wildman–Crippen MR) is 105 cm³/mol. The van der Waals surface area contributed by atoms with Crippen LogP contribution in [0.1, 0.15) is 38.8 Å². The molecule has 0 aliphatic heterocycles. The molecule has 22 heavy (non-hydrogen) atoms. The van der Waals surface area contributed by atoms with Crippen LogP contribution in [0, 0.1) is 12.8 Å². The summed E-state index contributed by atoms with van der Waals surface area (Å²) >= 11 is 0. The van der Waals surface area contributed by atoms with E-state index in [0.29, 0.717) is 19.1 Å². The molecule has 0 amide bonds. The highest BCUT2D eigenvalue weighted by Crippen LogP contribution is 2.19. The van der Waals surface area contributed by atoms with Crippen molar-refractivity contribution in [1.82, 2.24) is 10.6 Å². The second-order valence-corrected chi connectivity index (χ2v) is 5.50. The van der Waals surface area contributed by atoms with E-state index in [1.165, 1.54) is 5.56 Å². The topological polar surface area (TPSA) is 45.7 Å². The number of guanidine groups is 1. The number of aryl methyl sites for hydroxylation is 1. The second-order valence-electron chi connectivity index (χ2n) is 5.50. The van der Waals surface area contributed by atoms with Crippen LogP contribution in [0.4, 0.5) is 0 Å². The normalized spacial score (nSPS) is 11.1. The van der Waals surface area contributed by atoms with Crippen molar-refractivity contribution < 1.29 is 4.74 Å². The van der Waals surface area contributed by atoms with Gasteiger partial charge in [-0.3, -0.25) is 0 Å². The molecule has 0 heterocycles. The SMILES string of the molecule is CCNC(=NCc1ccc(OCC)c(C)c1)NCC(C)C.I. The van der Waals surface area contributed by atoms with E-state index in [0.717, 1.165) is 30.4 Å². The van der Waals surface area contributed by atoms with Gasteiger partial charge in [0.2, 0.25) is 0 Å². The van der Waals surface area contributed by atoms with Crippen LogP contribution in [0.2, 0.25) is 0 Å². The summed E-state index contributed by atoms with van der Waals surface area (Å²) in [4.78, 5) is 4.63. The van der Waals surface area contributed by atoms with Crippen molar-refractivity contribution in [2.45, 2.75) is 41.2 Å². The van der Waals surface area contributed by atoms with E-state index in [9.17, 15) is 0 Å². The van der Waals surface area contributed by atoms with Gasteiger partial charge in [-0.1, -0.05) is 26.0 Å². The van der Waals surface area contributed by atoms with E-state index < -0.39 is 0 Å². The number of hydrogen-bond donors (Lipinski definition) is 2. The average Bonchev–Trinajstić information content (AvgIpc) is 2.44. The Labute approximate surface area is 152 Å². The molecule has 1 aromatic rings. The maximum absolute atomic E-state index is 5.56. The molecule has 0 aliphatic carbocycles. The van der Waals surface area contributed by atoms with Crippen LogP contribution in [-0.4, -0.2) is 25.7 Å². The molecule has 2 N–H and O–H groups in total. The lowest BCUT2D eigenvalue weighted by molar-refractivity contribution is 0.338. The number of benzene rings is 1. The molecule has 1 aromatic carbocycles. The zero-order valence-corrected chi connectivity index (χ0v) is 16.7. The summed E-state index contributed by atoms with van der Waals surface area (Å²) < 4.78 is 5.56. The summed E-state index contributed by atoms with van der Waals surface area (Å²) in [6.45, 7) is 13.7. The minimum absolute atomic E-state index is 0. The van der Waals surface area contributed by atoms with Gasteiger partial charge in [0.15, 0.2) is 5.96 Å². The molecule has 0 bridgehead atoms. The molecule has 0 saturated carbocycles. The Morgan fingerprint density at radius 1 is 1.23 bits per heavy atom. The Balaban J connectivity index is 0.00000441. The van der Waals surface area contributed by atoms with Crippen LogP contribution in [0.25, 0.3) is 0 Å². The van der Waals surface area contributed by atoms with Crippen LogP contribution in [0.15, 0.2) is 23.2 Å². The molecule has 0 unspecified atom stereocenters. The number of hydrogen-bond acceptors (Lipinski definition) is 2. The van der Waals surface area contributed by atoms with Crippen LogP contribution < -0.4 is 15.4 Å². The quantitative estimate of drug-likeness (QED) is 0.402. The van der Waals surface area contributed by atoms with Gasteiger partial charge in [0.25, 0.3) is 0 Å². The molecule has 4 nitrogen and oxygen atoms in total. The van der Waals surface area contributed by atoms with Gasteiger partial charge in [-0.05, 0) is 43.9 Å². The molecule has 1 rings (SSSR count). The van der Waals surface area contributed by atoms with Crippen LogP contribution in [0.3, 0.4) is 0 Å². The number of ether oxygens (including phenoxy) is 1. The van der Waals surface area contributed by atoms with Crippen molar-refractivity contribution in [2.75, 3.05) is 19.7 Å². The van der Waals surface area contributed by atoms with Gasteiger partial charge in [0.05, 0.1) is 13.2 Å². The van der Waals surface area contributed by atoms with E-state index in [1.54, 1.807) is 0 Å². The standard InChI is InChI=1S/C17H29N3O.HI/c1-6-18-17(19-11-13(3)4)20-12-15-8-9-16(21-7-2)14(5)10-15;/h8-10,13H,6-7,11-12H2,1-5H3,(H2,18,19,20);1H. The van der Waals surface area contributed by atoms with Gasteiger partial charge < -0.3 is 15.4 Å². The van der Waals surface area contributed by atoms with Crippen LogP contribution >= 0.6 is 24.0 Å². The lowest BCUT2D eigenvalue weighted by atomic mass is 10.1. The maximum Gasteiger partial charge on any atom is 0.191 e. The van der Waals surface area contributed by atoms with Gasteiger partial charge in [-0.15, -0.1) is 24.0 Å². The third-order valence-corrected chi connectivity index (χ3v) is 2.98. The fraction of sp³-hybridized carbons (Fsp3) is 0.588. The lowest BCUT2D eigenvalue weighted by Gasteiger charge is -2.13. The van der Waals surface area contributed by atoms with Crippen LogP contribution in [-0.2, 0) is 6.54 Å². The second kappa shape index (κ2) is 11.6. The number of aliphatic imine (C=N–C) groups is 1. The van der Waals surface area contributed by atoms with E-state index in [-0.39, 0.29) is 24.0 Å². The van der Waals surface area contributed by atoms with Crippen molar-refractivity contribution in [3.8, 4) is 5.75 Å². The van der Waals surface area contributed by atoms with Gasteiger partial charge in [0, 0.05) is 13.1 Å². The summed E-state index contributed by atoms with van der Waals surface area (Å²) in [7, 11) is 0. The molecular formula is C17H30IN3O. The molecule has 126 valence electrons. The van der Waals surface area contributed by atoms with Gasteiger partial charge in [-0.2, -0.15) is 0 Å². The third-order valence-electron chi connectivity index (χ3n) is 2.98.